The minimum Gasteiger partial charge on any atom is -0.375 e. The molecule has 1 aliphatic rings. The maximum absolute atomic E-state index is 12.9. The number of methoxy groups -OCH3 is 1. The average Bonchev–Trinajstić information content (AvgIpc) is 3.27. The van der Waals surface area contributed by atoms with Crippen LogP contribution in [0.5, 0.6) is 0 Å². The van der Waals surface area contributed by atoms with Crippen LogP contribution in [-0.2, 0) is 22.6 Å². The fourth-order valence-corrected chi connectivity index (χ4v) is 4.76. The molecule has 1 aromatic heterocycles. The van der Waals surface area contributed by atoms with E-state index in [1.54, 1.807) is 6.07 Å². The number of fused-ring (bicyclic) bond motifs is 1. The highest BCUT2D eigenvalue weighted by molar-refractivity contribution is 7.05. The van der Waals surface area contributed by atoms with Crippen molar-refractivity contribution < 1.29 is 14.3 Å². The van der Waals surface area contributed by atoms with Gasteiger partial charge in [-0.25, -0.2) is 0 Å². The zero-order valence-electron chi connectivity index (χ0n) is 19.9. The quantitative estimate of drug-likeness (QED) is 0.665. The van der Waals surface area contributed by atoms with Crippen molar-refractivity contribution in [2.45, 2.75) is 65.0 Å². The highest BCUT2D eigenvalue weighted by Crippen LogP contribution is 2.25. The molecular weight excluding hydrogens is 438 g/mol. The minimum absolute atomic E-state index is 0.0379. The number of benzene rings is 1. The van der Waals surface area contributed by atoms with E-state index in [1.807, 2.05) is 17.0 Å². The summed E-state index contributed by atoms with van der Waals surface area (Å²) in [5.41, 5.74) is 3.28. The van der Waals surface area contributed by atoms with Gasteiger partial charge in [0.15, 0.2) is 0 Å². The van der Waals surface area contributed by atoms with E-state index < -0.39 is 0 Å². The molecule has 180 valence electrons. The number of hydrogen-bond donors (Lipinski definition) is 2. The summed E-state index contributed by atoms with van der Waals surface area (Å²) in [5.74, 6) is 0.0452. The molecule has 9 heteroatoms. The van der Waals surface area contributed by atoms with Gasteiger partial charge < -0.3 is 20.3 Å². The van der Waals surface area contributed by atoms with Crippen LogP contribution in [0.3, 0.4) is 0 Å². The van der Waals surface area contributed by atoms with Gasteiger partial charge in [0.25, 0.3) is 11.8 Å². The van der Waals surface area contributed by atoms with Gasteiger partial charge in [-0.15, -0.1) is 5.10 Å². The second-order valence-corrected chi connectivity index (χ2v) is 9.52. The molecule has 0 unspecified atom stereocenters. The zero-order chi connectivity index (χ0) is 23.6. The molecule has 0 fully saturated rings. The third-order valence-corrected chi connectivity index (χ3v) is 6.53. The molecule has 8 nitrogen and oxygen atoms in total. The lowest BCUT2D eigenvalue weighted by molar-refractivity contribution is -0.122. The third-order valence-electron chi connectivity index (χ3n) is 5.79. The van der Waals surface area contributed by atoms with Crippen LogP contribution >= 0.6 is 11.5 Å². The molecule has 33 heavy (non-hydrogen) atoms. The normalized spacial score (nSPS) is 15.5. The Morgan fingerprint density at radius 2 is 2.00 bits per heavy atom. The summed E-state index contributed by atoms with van der Waals surface area (Å²) in [7, 11) is 1.54. The topological polar surface area (TPSA) is 96.5 Å². The van der Waals surface area contributed by atoms with Gasteiger partial charge in [-0.1, -0.05) is 37.6 Å². The fourth-order valence-electron chi connectivity index (χ4n) is 4.02. The molecule has 0 saturated carbocycles. The van der Waals surface area contributed by atoms with Gasteiger partial charge >= 0.3 is 0 Å². The zero-order valence-corrected chi connectivity index (χ0v) is 20.7. The van der Waals surface area contributed by atoms with Gasteiger partial charge in [-0.3, -0.25) is 9.59 Å². The fraction of sp³-hybridized carbons (Fsp3) is 0.583. The van der Waals surface area contributed by atoms with Crippen LogP contribution in [0.15, 0.2) is 18.2 Å². The van der Waals surface area contributed by atoms with Crippen molar-refractivity contribution in [1.29, 1.82) is 0 Å². The maximum Gasteiger partial charge on any atom is 0.252 e. The number of nitrogens with one attached hydrogen (secondary N) is 2. The van der Waals surface area contributed by atoms with E-state index in [-0.39, 0.29) is 24.3 Å². The first kappa shape index (κ1) is 25.3. The number of carbonyl (C=O) groups is 2. The molecule has 2 amide bonds. The predicted octanol–water partition coefficient (Wildman–Crippen LogP) is 3.62. The Balaban J connectivity index is 1.81. The molecule has 0 saturated heterocycles. The van der Waals surface area contributed by atoms with Crippen molar-refractivity contribution in [2.75, 3.05) is 31.7 Å². The summed E-state index contributed by atoms with van der Waals surface area (Å²) in [5, 5.41) is 10.6. The molecule has 2 heterocycles. The highest BCUT2D eigenvalue weighted by Gasteiger charge is 2.21. The lowest BCUT2D eigenvalue weighted by Crippen LogP contribution is -2.36. The number of nitrogens with zero attached hydrogens (tertiary/aromatic N) is 3. The number of amides is 2. The molecule has 0 bridgehead atoms. The SMILES string of the molecule is COCC(=O)N1CCCCCCCNCc2cc(C(=O)NCc3snnc3C(C)C)ccc21. The van der Waals surface area contributed by atoms with Crippen molar-refractivity contribution in [1.82, 2.24) is 20.2 Å². The molecule has 1 aliphatic heterocycles. The van der Waals surface area contributed by atoms with E-state index in [0.717, 1.165) is 47.6 Å². The number of aromatic nitrogens is 2. The lowest BCUT2D eigenvalue weighted by atomic mass is 10.0. The molecule has 2 aromatic rings. The summed E-state index contributed by atoms with van der Waals surface area (Å²) in [6, 6.07) is 5.57. The van der Waals surface area contributed by atoms with E-state index in [9.17, 15) is 9.59 Å². The molecule has 0 spiro atoms. The summed E-state index contributed by atoms with van der Waals surface area (Å²) < 4.78 is 9.15. The Hall–Kier alpha value is -2.36. The van der Waals surface area contributed by atoms with Crippen molar-refractivity contribution in [3.63, 3.8) is 0 Å². The molecule has 0 atom stereocenters. The van der Waals surface area contributed by atoms with E-state index in [1.165, 1.54) is 31.5 Å². The maximum atomic E-state index is 12.9. The molecule has 2 N–H and O–H groups in total. The van der Waals surface area contributed by atoms with Crippen LogP contribution in [-0.4, -0.2) is 48.2 Å². The number of rotatable bonds is 6. The molecule has 0 aliphatic carbocycles. The van der Waals surface area contributed by atoms with Crippen LogP contribution in [0.25, 0.3) is 0 Å². The minimum atomic E-state index is -0.151. The smallest absolute Gasteiger partial charge is 0.252 e. The standard InChI is InChI=1S/C24H35N5O3S/c1-17(2)23-21(33-28-27-23)15-26-24(31)18-9-10-20-19(13-18)14-25-11-7-5-4-6-8-12-29(20)22(30)16-32-3/h9-10,13,17,25H,4-8,11-12,14-16H2,1-3H3,(H,26,31). The number of carbonyl (C=O) groups excluding carboxylic acids is 2. The van der Waals surface area contributed by atoms with Crippen molar-refractivity contribution in [3.05, 3.63) is 39.9 Å². The van der Waals surface area contributed by atoms with Gasteiger partial charge in [0.1, 0.15) is 6.61 Å². The van der Waals surface area contributed by atoms with Gasteiger partial charge in [0.2, 0.25) is 0 Å². The second-order valence-electron chi connectivity index (χ2n) is 8.69. The van der Waals surface area contributed by atoms with E-state index in [2.05, 4.69) is 34.1 Å². The first-order valence-electron chi connectivity index (χ1n) is 11.7. The van der Waals surface area contributed by atoms with E-state index in [4.69, 9.17) is 4.74 Å². The first-order valence-corrected chi connectivity index (χ1v) is 12.5. The van der Waals surface area contributed by atoms with E-state index in [0.29, 0.717) is 25.2 Å². The van der Waals surface area contributed by atoms with Gasteiger partial charge in [-0.05, 0) is 60.6 Å². The number of ether oxygens (including phenoxy) is 1. The van der Waals surface area contributed by atoms with Crippen molar-refractivity contribution >= 4 is 29.0 Å². The summed E-state index contributed by atoms with van der Waals surface area (Å²) >= 11 is 1.32. The number of hydrogen-bond acceptors (Lipinski definition) is 7. The summed E-state index contributed by atoms with van der Waals surface area (Å²) in [4.78, 5) is 28.5. The van der Waals surface area contributed by atoms with Crippen LogP contribution < -0.4 is 15.5 Å². The summed E-state index contributed by atoms with van der Waals surface area (Å²) in [6.45, 7) is 6.73. The van der Waals surface area contributed by atoms with Gasteiger partial charge in [0, 0.05) is 31.5 Å². The Morgan fingerprint density at radius 3 is 2.79 bits per heavy atom. The third kappa shape index (κ3) is 7.06. The molecule has 3 rings (SSSR count). The highest BCUT2D eigenvalue weighted by atomic mass is 32.1. The first-order chi connectivity index (χ1) is 16.0. The van der Waals surface area contributed by atoms with Crippen LogP contribution in [0, 0.1) is 0 Å². The molecule has 1 aromatic carbocycles. The summed E-state index contributed by atoms with van der Waals surface area (Å²) in [6.07, 6.45) is 5.53. The lowest BCUT2D eigenvalue weighted by Gasteiger charge is -2.26. The molecule has 0 radical (unpaired) electrons. The van der Waals surface area contributed by atoms with Crippen molar-refractivity contribution in [3.8, 4) is 0 Å². The monoisotopic (exact) mass is 473 g/mol. The molecular formula is C24H35N5O3S. The van der Waals surface area contributed by atoms with Crippen molar-refractivity contribution in [2.24, 2.45) is 0 Å². The van der Waals surface area contributed by atoms with E-state index >= 15 is 0 Å². The van der Waals surface area contributed by atoms with Gasteiger partial charge in [-0.2, -0.15) is 0 Å². The Morgan fingerprint density at radius 1 is 1.21 bits per heavy atom. The Bertz CT molecular complexity index is 931. The second kappa shape index (κ2) is 12.8. The largest absolute Gasteiger partial charge is 0.375 e. The predicted molar refractivity (Wildman–Crippen MR) is 131 cm³/mol. The number of anilines is 1. The van der Waals surface area contributed by atoms with Crippen LogP contribution in [0.2, 0.25) is 0 Å². The van der Waals surface area contributed by atoms with Crippen LogP contribution in [0.4, 0.5) is 5.69 Å². The van der Waals surface area contributed by atoms with Gasteiger partial charge in [0.05, 0.1) is 17.1 Å². The Kier molecular flexibility index (Phi) is 9.77. The Labute approximate surface area is 200 Å². The van der Waals surface area contributed by atoms with Crippen LogP contribution in [0.1, 0.15) is 78.4 Å². The average molecular weight is 474 g/mol.